The molecule has 0 fully saturated rings. The number of carbonyl (C=O) groups is 2. The van der Waals surface area contributed by atoms with Crippen molar-refractivity contribution in [2.24, 2.45) is 0 Å². The summed E-state index contributed by atoms with van der Waals surface area (Å²) in [5, 5.41) is 15.2. The molecule has 0 radical (unpaired) electrons. The maximum absolute atomic E-state index is 12.6. The van der Waals surface area contributed by atoms with Gasteiger partial charge in [0.1, 0.15) is 11.5 Å². The summed E-state index contributed by atoms with van der Waals surface area (Å²) in [6, 6.07) is 10.8. The van der Waals surface area contributed by atoms with Crippen molar-refractivity contribution in [1.82, 2.24) is 5.16 Å². The molecule has 0 saturated carbocycles. The van der Waals surface area contributed by atoms with E-state index in [-0.39, 0.29) is 36.3 Å². The first-order valence-electron chi connectivity index (χ1n) is 8.74. The average molecular weight is 402 g/mol. The summed E-state index contributed by atoms with van der Waals surface area (Å²) >= 11 is 1.19. The van der Waals surface area contributed by atoms with E-state index in [1.165, 1.54) is 11.8 Å². The molecule has 2 amide bonds. The fourth-order valence-corrected chi connectivity index (χ4v) is 3.05. The second-order valence-electron chi connectivity index (χ2n) is 5.74. The number of hydrogen-bond acceptors (Lipinski definition) is 7. The molecule has 0 aliphatic carbocycles. The molecule has 0 unspecified atom stereocenters. The van der Waals surface area contributed by atoms with E-state index in [2.05, 4.69) is 16.5 Å². The van der Waals surface area contributed by atoms with Crippen molar-refractivity contribution in [2.45, 2.75) is 20.3 Å². The lowest BCUT2D eigenvalue weighted by Gasteiger charge is -2.22. The van der Waals surface area contributed by atoms with Gasteiger partial charge in [0.05, 0.1) is 30.6 Å². The summed E-state index contributed by atoms with van der Waals surface area (Å²) in [7, 11) is 0. The van der Waals surface area contributed by atoms with Crippen molar-refractivity contribution >= 4 is 35.1 Å². The standard InChI is InChI=1S/C19H22N4O4S/c1-3-26-16-7-5-15(6-8-16)23(10-4-9-20)19(25)13-28-12-18(24)21-17-11-14(2)27-22-17/h5-8,11H,3-4,10,12-13H2,1-2H3,(H,21,22,24). The third-order valence-electron chi connectivity index (χ3n) is 3.56. The molecule has 0 spiro atoms. The van der Waals surface area contributed by atoms with Gasteiger partial charge in [0.2, 0.25) is 11.8 Å². The number of aromatic nitrogens is 1. The highest BCUT2D eigenvalue weighted by Gasteiger charge is 2.16. The molecule has 9 heteroatoms. The van der Waals surface area contributed by atoms with Gasteiger partial charge >= 0.3 is 0 Å². The molecule has 8 nitrogen and oxygen atoms in total. The molecule has 0 aliphatic heterocycles. The molecule has 28 heavy (non-hydrogen) atoms. The Balaban J connectivity index is 1.89. The Bertz CT molecular complexity index is 829. The lowest BCUT2D eigenvalue weighted by molar-refractivity contribution is -0.116. The van der Waals surface area contributed by atoms with Crippen molar-refractivity contribution < 1.29 is 18.8 Å². The first-order valence-corrected chi connectivity index (χ1v) is 9.90. The molecular formula is C19H22N4O4S. The summed E-state index contributed by atoms with van der Waals surface area (Å²) in [4.78, 5) is 26.1. The van der Waals surface area contributed by atoms with Crippen molar-refractivity contribution in [2.75, 3.05) is 34.9 Å². The van der Waals surface area contributed by atoms with Gasteiger partial charge in [0.15, 0.2) is 5.82 Å². The van der Waals surface area contributed by atoms with E-state index < -0.39 is 0 Å². The summed E-state index contributed by atoms with van der Waals surface area (Å²) in [5.41, 5.74) is 0.687. The Labute approximate surface area is 167 Å². The highest BCUT2D eigenvalue weighted by molar-refractivity contribution is 8.00. The van der Waals surface area contributed by atoms with Crippen LogP contribution >= 0.6 is 11.8 Å². The smallest absolute Gasteiger partial charge is 0.237 e. The zero-order valence-electron chi connectivity index (χ0n) is 15.8. The molecule has 0 bridgehead atoms. The quantitative estimate of drug-likeness (QED) is 0.651. The van der Waals surface area contributed by atoms with Gasteiger partial charge < -0.3 is 19.5 Å². The third-order valence-corrected chi connectivity index (χ3v) is 4.48. The summed E-state index contributed by atoms with van der Waals surface area (Å²) < 4.78 is 10.3. The number of amides is 2. The second-order valence-corrected chi connectivity index (χ2v) is 6.73. The van der Waals surface area contributed by atoms with Crippen LogP contribution in [0.2, 0.25) is 0 Å². The highest BCUT2D eigenvalue weighted by atomic mass is 32.2. The van der Waals surface area contributed by atoms with Crippen LogP contribution in [0.4, 0.5) is 11.5 Å². The Hall–Kier alpha value is -2.99. The molecule has 1 heterocycles. The molecule has 1 aromatic carbocycles. The first kappa shape index (κ1) is 21.3. The molecule has 1 aromatic heterocycles. The van der Waals surface area contributed by atoms with Crippen LogP contribution in [0.25, 0.3) is 0 Å². The second kappa shape index (κ2) is 11.0. The Morgan fingerprint density at radius 1 is 1.32 bits per heavy atom. The molecule has 2 rings (SSSR count). The van der Waals surface area contributed by atoms with Gasteiger partial charge in [-0.2, -0.15) is 5.26 Å². The van der Waals surface area contributed by atoms with Crippen LogP contribution in [-0.2, 0) is 9.59 Å². The van der Waals surface area contributed by atoms with Gasteiger partial charge in [0, 0.05) is 18.3 Å². The topological polar surface area (TPSA) is 108 Å². The van der Waals surface area contributed by atoms with Crippen LogP contribution in [0, 0.1) is 18.3 Å². The Morgan fingerprint density at radius 2 is 2.07 bits per heavy atom. The first-order chi connectivity index (χ1) is 13.5. The fraction of sp³-hybridized carbons (Fsp3) is 0.368. The van der Waals surface area contributed by atoms with E-state index in [9.17, 15) is 9.59 Å². The molecule has 0 saturated heterocycles. The van der Waals surface area contributed by atoms with E-state index >= 15 is 0 Å². The molecule has 148 valence electrons. The number of benzene rings is 1. The average Bonchev–Trinajstić information content (AvgIpc) is 3.08. The normalized spacial score (nSPS) is 10.2. The predicted molar refractivity (Wildman–Crippen MR) is 107 cm³/mol. The number of nitrogens with one attached hydrogen (secondary N) is 1. The molecule has 1 N–H and O–H groups in total. The van der Waals surface area contributed by atoms with Crippen LogP contribution in [0.5, 0.6) is 5.75 Å². The lowest BCUT2D eigenvalue weighted by Crippen LogP contribution is -2.33. The van der Waals surface area contributed by atoms with E-state index in [0.717, 1.165) is 0 Å². The number of ether oxygens (including phenoxy) is 1. The van der Waals surface area contributed by atoms with E-state index in [0.29, 0.717) is 29.6 Å². The molecular weight excluding hydrogens is 380 g/mol. The van der Waals surface area contributed by atoms with E-state index in [1.807, 2.05) is 6.92 Å². The number of nitriles is 1. The summed E-state index contributed by atoms with van der Waals surface area (Å²) in [6.07, 6.45) is 0.218. The van der Waals surface area contributed by atoms with Gasteiger partial charge in [-0.1, -0.05) is 5.16 Å². The molecule has 0 atom stereocenters. The van der Waals surface area contributed by atoms with Gasteiger partial charge in [-0.25, -0.2) is 0 Å². The van der Waals surface area contributed by atoms with Crippen LogP contribution in [0.3, 0.4) is 0 Å². The number of aryl methyl sites for hydroxylation is 1. The number of nitrogens with zero attached hydrogens (tertiary/aromatic N) is 3. The van der Waals surface area contributed by atoms with Crippen LogP contribution in [-0.4, -0.2) is 41.6 Å². The van der Waals surface area contributed by atoms with Crippen molar-refractivity contribution in [3.05, 3.63) is 36.1 Å². The number of rotatable bonds is 10. The molecule has 0 aliphatic rings. The lowest BCUT2D eigenvalue weighted by atomic mass is 10.2. The van der Waals surface area contributed by atoms with Gasteiger partial charge in [-0.15, -0.1) is 11.8 Å². The van der Waals surface area contributed by atoms with Crippen molar-refractivity contribution in [1.29, 1.82) is 5.26 Å². The van der Waals surface area contributed by atoms with Gasteiger partial charge in [-0.3, -0.25) is 9.59 Å². The Morgan fingerprint density at radius 3 is 2.68 bits per heavy atom. The fourth-order valence-electron chi connectivity index (χ4n) is 2.36. The SMILES string of the molecule is CCOc1ccc(N(CCC#N)C(=O)CSCC(=O)Nc2cc(C)on2)cc1. The van der Waals surface area contributed by atoms with Crippen LogP contribution < -0.4 is 15.0 Å². The number of anilines is 2. The largest absolute Gasteiger partial charge is 0.494 e. The molecule has 2 aromatic rings. The minimum Gasteiger partial charge on any atom is -0.494 e. The van der Waals surface area contributed by atoms with Gasteiger partial charge in [-0.05, 0) is 38.1 Å². The zero-order chi connectivity index (χ0) is 20.4. The van der Waals surface area contributed by atoms with Crippen molar-refractivity contribution in [3.63, 3.8) is 0 Å². The van der Waals surface area contributed by atoms with E-state index in [1.54, 1.807) is 42.2 Å². The number of thioether (sulfide) groups is 1. The monoisotopic (exact) mass is 402 g/mol. The van der Waals surface area contributed by atoms with Crippen LogP contribution in [0.1, 0.15) is 19.1 Å². The minimum atomic E-state index is -0.268. The summed E-state index contributed by atoms with van der Waals surface area (Å²) in [6.45, 7) is 4.47. The number of carbonyl (C=O) groups excluding carboxylic acids is 2. The minimum absolute atomic E-state index is 0.104. The summed E-state index contributed by atoms with van der Waals surface area (Å²) in [5.74, 6) is 1.44. The predicted octanol–water partition coefficient (Wildman–Crippen LogP) is 3.00. The maximum atomic E-state index is 12.6. The Kier molecular flexibility index (Phi) is 8.37. The van der Waals surface area contributed by atoms with E-state index in [4.69, 9.17) is 14.5 Å². The zero-order valence-corrected chi connectivity index (χ0v) is 16.6. The highest BCUT2D eigenvalue weighted by Crippen LogP contribution is 2.21. The third kappa shape index (κ3) is 6.63. The van der Waals surface area contributed by atoms with Crippen molar-refractivity contribution in [3.8, 4) is 11.8 Å². The van der Waals surface area contributed by atoms with Gasteiger partial charge in [0.25, 0.3) is 0 Å². The number of hydrogen-bond donors (Lipinski definition) is 1. The van der Waals surface area contributed by atoms with Crippen LogP contribution in [0.15, 0.2) is 34.9 Å². The maximum Gasteiger partial charge on any atom is 0.237 e.